The molecule has 0 radical (unpaired) electrons. The van der Waals surface area contributed by atoms with Gasteiger partial charge in [0.15, 0.2) is 6.61 Å². The fourth-order valence-electron chi connectivity index (χ4n) is 3.71. The van der Waals surface area contributed by atoms with Crippen molar-refractivity contribution in [2.45, 2.75) is 38.1 Å². The molecule has 2 aromatic rings. The van der Waals surface area contributed by atoms with Crippen LogP contribution in [0.3, 0.4) is 0 Å². The van der Waals surface area contributed by atoms with Gasteiger partial charge in [0.25, 0.3) is 5.91 Å². The summed E-state index contributed by atoms with van der Waals surface area (Å²) in [7, 11) is -3.56. The van der Waals surface area contributed by atoms with E-state index in [9.17, 15) is 18.0 Å². The lowest BCUT2D eigenvalue weighted by Crippen LogP contribution is -2.43. The van der Waals surface area contributed by atoms with E-state index < -0.39 is 22.6 Å². The van der Waals surface area contributed by atoms with E-state index in [1.807, 2.05) is 30.3 Å². The van der Waals surface area contributed by atoms with Gasteiger partial charge in [-0.15, -0.1) is 0 Å². The van der Waals surface area contributed by atoms with Gasteiger partial charge in [-0.2, -0.15) is 0 Å². The number of rotatable bonds is 7. The molecule has 8 heteroatoms. The van der Waals surface area contributed by atoms with Gasteiger partial charge in [-0.25, -0.2) is 13.2 Å². The minimum Gasteiger partial charge on any atom is -0.452 e. The zero-order chi connectivity index (χ0) is 21.6. The van der Waals surface area contributed by atoms with Crippen LogP contribution in [-0.4, -0.2) is 39.2 Å². The van der Waals surface area contributed by atoms with E-state index in [2.05, 4.69) is 4.72 Å². The number of nitrogens with one attached hydrogen (secondary N) is 1. The fraction of sp³-hybridized carbons (Fsp3) is 0.364. The molecule has 0 aliphatic heterocycles. The van der Waals surface area contributed by atoms with Crippen LogP contribution in [0, 0.1) is 0 Å². The summed E-state index contributed by atoms with van der Waals surface area (Å²) in [6, 6.07) is 15.6. The average Bonchev–Trinajstić information content (AvgIpc) is 2.73. The van der Waals surface area contributed by atoms with E-state index in [-0.39, 0.29) is 23.2 Å². The Labute approximate surface area is 177 Å². The Bertz CT molecular complexity index is 986. The molecule has 1 saturated carbocycles. The lowest BCUT2D eigenvalue weighted by Gasteiger charge is -2.34. The van der Waals surface area contributed by atoms with E-state index in [0.29, 0.717) is 0 Å². The standard InChI is InChI=1S/C22H26N2O5S/c1-30(27,28)23-20-15-9-8-14-19(20)22(26)29-16-21(25)24(17-10-4-2-5-11-17)18-12-6-3-7-13-18/h2,4-5,8-11,14-15,18,23H,3,6-7,12-13,16H2,1H3. The van der Waals surface area contributed by atoms with Crippen LogP contribution in [0.1, 0.15) is 42.5 Å². The molecule has 30 heavy (non-hydrogen) atoms. The molecule has 160 valence electrons. The van der Waals surface area contributed by atoms with E-state index in [4.69, 9.17) is 4.74 Å². The Morgan fingerprint density at radius 1 is 1.00 bits per heavy atom. The van der Waals surface area contributed by atoms with Crippen molar-refractivity contribution in [2.75, 3.05) is 22.5 Å². The summed E-state index contributed by atoms with van der Waals surface area (Å²) in [5.74, 6) is -1.05. The van der Waals surface area contributed by atoms with Gasteiger partial charge in [0.2, 0.25) is 10.0 Å². The number of esters is 1. The first-order valence-corrected chi connectivity index (χ1v) is 11.9. The van der Waals surface area contributed by atoms with Gasteiger partial charge in [0, 0.05) is 11.7 Å². The number of amides is 1. The second-order valence-electron chi connectivity index (χ2n) is 7.39. The molecule has 0 atom stereocenters. The van der Waals surface area contributed by atoms with Crippen LogP contribution in [0.25, 0.3) is 0 Å². The van der Waals surface area contributed by atoms with Gasteiger partial charge >= 0.3 is 5.97 Å². The maximum Gasteiger partial charge on any atom is 0.340 e. The van der Waals surface area contributed by atoms with E-state index in [1.54, 1.807) is 17.0 Å². The van der Waals surface area contributed by atoms with Crippen LogP contribution in [0.5, 0.6) is 0 Å². The molecule has 1 N–H and O–H groups in total. The molecule has 7 nitrogen and oxygen atoms in total. The summed E-state index contributed by atoms with van der Waals surface area (Å²) in [5, 5.41) is 0. The third kappa shape index (κ3) is 5.82. The van der Waals surface area contributed by atoms with E-state index >= 15 is 0 Å². The minimum atomic E-state index is -3.56. The lowest BCUT2D eigenvalue weighted by atomic mass is 9.93. The highest BCUT2D eigenvalue weighted by molar-refractivity contribution is 7.92. The Balaban J connectivity index is 1.73. The van der Waals surface area contributed by atoms with Crippen LogP contribution in [0.15, 0.2) is 54.6 Å². The van der Waals surface area contributed by atoms with E-state index in [1.165, 1.54) is 12.1 Å². The third-order valence-electron chi connectivity index (χ3n) is 5.01. The van der Waals surface area contributed by atoms with Crippen molar-refractivity contribution < 1.29 is 22.7 Å². The zero-order valence-corrected chi connectivity index (χ0v) is 17.7. The molecule has 0 spiro atoms. The predicted octanol–water partition coefficient (Wildman–Crippen LogP) is 3.58. The Morgan fingerprint density at radius 3 is 2.30 bits per heavy atom. The molecule has 0 heterocycles. The van der Waals surface area contributed by atoms with Crippen LogP contribution < -0.4 is 9.62 Å². The molecule has 3 rings (SSSR count). The van der Waals surface area contributed by atoms with Crippen molar-refractivity contribution in [1.82, 2.24) is 0 Å². The topological polar surface area (TPSA) is 92.8 Å². The first-order valence-electron chi connectivity index (χ1n) is 9.96. The summed E-state index contributed by atoms with van der Waals surface area (Å²) in [6.07, 6.45) is 6.11. The first-order chi connectivity index (χ1) is 14.3. The number of carbonyl (C=O) groups excluding carboxylic acids is 2. The minimum absolute atomic E-state index is 0.0552. The number of carbonyl (C=O) groups is 2. The first kappa shape index (κ1) is 21.8. The number of nitrogens with zero attached hydrogens (tertiary/aromatic N) is 1. The number of anilines is 2. The highest BCUT2D eigenvalue weighted by Gasteiger charge is 2.28. The highest BCUT2D eigenvalue weighted by atomic mass is 32.2. The molecule has 1 aliphatic carbocycles. The molecule has 1 amide bonds. The Hall–Kier alpha value is -2.87. The molecule has 0 saturated heterocycles. The SMILES string of the molecule is CS(=O)(=O)Nc1ccccc1C(=O)OCC(=O)N(c1ccccc1)C1CCCCC1. The molecular formula is C22H26N2O5S. The van der Waals surface area contributed by atoms with Crippen molar-refractivity contribution in [3.63, 3.8) is 0 Å². The number of sulfonamides is 1. The summed E-state index contributed by atoms with van der Waals surface area (Å²) in [5.41, 5.74) is 0.953. The van der Waals surface area contributed by atoms with Crippen molar-refractivity contribution in [3.8, 4) is 0 Å². The molecule has 0 bridgehead atoms. The molecular weight excluding hydrogens is 404 g/mol. The summed E-state index contributed by atoms with van der Waals surface area (Å²) < 4.78 is 30.6. The second kappa shape index (κ2) is 9.75. The van der Waals surface area contributed by atoms with Crippen LogP contribution in [0.2, 0.25) is 0 Å². The van der Waals surface area contributed by atoms with Crippen molar-refractivity contribution >= 4 is 33.3 Å². The number of para-hydroxylation sites is 2. The maximum atomic E-state index is 13.0. The molecule has 2 aromatic carbocycles. The lowest BCUT2D eigenvalue weighted by molar-refractivity contribution is -0.122. The number of hydrogen-bond acceptors (Lipinski definition) is 5. The second-order valence-corrected chi connectivity index (χ2v) is 9.14. The zero-order valence-electron chi connectivity index (χ0n) is 16.9. The molecule has 0 unspecified atom stereocenters. The number of hydrogen-bond donors (Lipinski definition) is 1. The Kier molecular flexibility index (Phi) is 7.10. The van der Waals surface area contributed by atoms with Crippen LogP contribution in [-0.2, 0) is 19.6 Å². The number of ether oxygens (including phenoxy) is 1. The van der Waals surface area contributed by atoms with Gasteiger partial charge in [-0.05, 0) is 37.1 Å². The molecule has 1 aliphatic rings. The quantitative estimate of drug-likeness (QED) is 0.678. The van der Waals surface area contributed by atoms with Crippen molar-refractivity contribution in [3.05, 3.63) is 60.2 Å². The monoisotopic (exact) mass is 430 g/mol. The molecule has 0 aromatic heterocycles. The van der Waals surface area contributed by atoms with E-state index in [0.717, 1.165) is 44.0 Å². The predicted molar refractivity (Wildman–Crippen MR) is 116 cm³/mol. The summed E-state index contributed by atoms with van der Waals surface area (Å²) in [6.45, 7) is -0.419. The van der Waals surface area contributed by atoms with Gasteiger partial charge in [0.05, 0.1) is 17.5 Å². The van der Waals surface area contributed by atoms with Crippen molar-refractivity contribution in [2.24, 2.45) is 0 Å². The largest absolute Gasteiger partial charge is 0.452 e. The summed E-state index contributed by atoms with van der Waals surface area (Å²) >= 11 is 0. The normalized spacial score (nSPS) is 14.7. The Morgan fingerprint density at radius 2 is 1.63 bits per heavy atom. The van der Waals surface area contributed by atoms with Gasteiger partial charge in [-0.1, -0.05) is 49.6 Å². The molecule has 1 fully saturated rings. The maximum absolute atomic E-state index is 13.0. The van der Waals surface area contributed by atoms with Gasteiger partial charge in [-0.3, -0.25) is 9.52 Å². The van der Waals surface area contributed by atoms with Gasteiger partial charge in [0.1, 0.15) is 0 Å². The summed E-state index contributed by atoms with van der Waals surface area (Å²) in [4.78, 5) is 27.3. The smallest absolute Gasteiger partial charge is 0.340 e. The van der Waals surface area contributed by atoms with Crippen LogP contribution >= 0.6 is 0 Å². The highest BCUT2D eigenvalue weighted by Crippen LogP contribution is 2.27. The van der Waals surface area contributed by atoms with Gasteiger partial charge < -0.3 is 9.64 Å². The average molecular weight is 431 g/mol. The third-order valence-corrected chi connectivity index (χ3v) is 5.60. The van der Waals surface area contributed by atoms with Crippen molar-refractivity contribution in [1.29, 1.82) is 0 Å². The van der Waals surface area contributed by atoms with Crippen LogP contribution in [0.4, 0.5) is 11.4 Å². The number of benzene rings is 2. The fourth-order valence-corrected chi connectivity index (χ4v) is 4.29.